The van der Waals surface area contributed by atoms with E-state index in [0.717, 1.165) is 11.1 Å². The molecule has 0 bridgehead atoms. The van der Waals surface area contributed by atoms with Crippen molar-refractivity contribution in [3.63, 3.8) is 0 Å². The zero-order valence-corrected chi connectivity index (χ0v) is 18.8. The minimum atomic E-state index is -0.984. The fourth-order valence-corrected chi connectivity index (χ4v) is 3.90. The molecule has 0 saturated carbocycles. The van der Waals surface area contributed by atoms with Gasteiger partial charge in [-0.2, -0.15) is 0 Å². The van der Waals surface area contributed by atoms with Crippen LogP contribution in [0.25, 0.3) is 6.08 Å². The number of halogens is 1. The van der Waals surface area contributed by atoms with Crippen LogP contribution in [-0.2, 0) is 11.4 Å². The molecule has 1 heterocycles. The van der Waals surface area contributed by atoms with Gasteiger partial charge in [0, 0.05) is 0 Å². The van der Waals surface area contributed by atoms with Crippen molar-refractivity contribution < 1.29 is 28.6 Å². The van der Waals surface area contributed by atoms with Gasteiger partial charge in [-0.25, -0.2) is 14.2 Å². The third-order valence-electron chi connectivity index (χ3n) is 4.79. The van der Waals surface area contributed by atoms with E-state index >= 15 is 0 Å². The first-order chi connectivity index (χ1) is 16.4. The molecule has 3 aromatic rings. The van der Waals surface area contributed by atoms with E-state index in [1.807, 2.05) is 0 Å². The summed E-state index contributed by atoms with van der Waals surface area (Å²) < 4.78 is 24.3. The molecule has 9 heteroatoms. The molecule has 1 fully saturated rings. The Labute approximate surface area is 198 Å². The quantitative estimate of drug-likeness (QED) is 0.464. The standard InChI is InChI=1S/C25H19FN2O5S/c1-32-21-12-16(4-11-20(21)33-14-15-2-5-17(6-3-15)24(30)31)13-22-23(29)28-25(34-22)27-19-9-7-18(26)8-10-19/h2-13H,14H2,1H3,(H,30,31)(H,27,28,29)/b22-13+. The van der Waals surface area contributed by atoms with Gasteiger partial charge in [0.15, 0.2) is 16.7 Å². The van der Waals surface area contributed by atoms with Gasteiger partial charge in [0.25, 0.3) is 5.91 Å². The van der Waals surface area contributed by atoms with Gasteiger partial charge in [-0.05, 0) is 77.5 Å². The number of thioether (sulfide) groups is 1. The highest BCUT2D eigenvalue weighted by molar-refractivity contribution is 8.18. The predicted molar refractivity (Wildman–Crippen MR) is 128 cm³/mol. The molecule has 3 aromatic carbocycles. The zero-order chi connectivity index (χ0) is 24.1. The van der Waals surface area contributed by atoms with E-state index in [9.17, 15) is 14.0 Å². The second-order valence-electron chi connectivity index (χ2n) is 7.16. The fraction of sp³-hybridized carbons (Fsp3) is 0.0800. The van der Waals surface area contributed by atoms with Crippen molar-refractivity contribution in [1.82, 2.24) is 5.32 Å². The highest BCUT2D eigenvalue weighted by Gasteiger charge is 2.24. The number of carbonyl (C=O) groups is 2. The summed E-state index contributed by atoms with van der Waals surface area (Å²) in [6.07, 6.45) is 1.71. The number of methoxy groups -OCH3 is 1. The number of rotatable bonds is 7. The second kappa shape index (κ2) is 10.2. The number of nitrogens with one attached hydrogen (secondary N) is 1. The first kappa shape index (κ1) is 23.1. The molecule has 4 rings (SSSR count). The van der Waals surface area contributed by atoms with Crippen LogP contribution in [0.15, 0.2) is 76.6 Å². The lowest BCUT2D eigenvalue weighted by molar-refractivity contribution is -0.115. The van der Waals surface area contributed by atoms with E-state index < -0.39 is 5.97 Å². The van der Waals surface area contributed by atoms with Crippen LogP contribution in [0.2, 0.25) is 0 Å². The molecule has 0 aromatic heterocycles. The smallest absolute Gasteiger partial charge is 0.335 e. The van der Waals surface area contributed by atoms with Gasteiger partial charge >= 0.3 is 5.97 Å². The lowest BCUT2D eigenvalue weighted by Crippen LogP contribution is -2.19. The Kier molecular flexibility index (Phi) is 6.93. The number of ether oxygens (including phenoxy) is 2. The lowest BCUT2D eigenvalue weighted by atomic mass is 10.1. The molecule has 0 aliphatic carbocycles. The first-order valence-electron chi connectivity index (χ1n) is 10.1. The molecule has 1 aliphatic rings. The van der Waals surface area contributed by atoms with Gasteiger partial charge in [-0.15, -0.1) is 0 Å². The van der Waals surface area contributed by atoms with Gasteiger partial charge in [0.05, 0.1) is 23.3 Å². The van der Waals surface area contributed by atoms with E-state index in [2.05, 4.69) is 10.3 Å². The molecule has 1 saturated heterocycles. The molecule has 2 N–H and O–H groups in total. The Hall–Kier alpha value is -4.11. The molecule has 34 heavy (non-hydrogen) atoms. The average Bonchev–Trinajstić information content (AvgIpc) is 3.18. The lowest BCUT2D eigenvalue weighted by Gasteiger charge is -2.11. The second-order valence-corrected chi connectivity index (χ2v) is 8.19. The number of hydrogen-bond donors (Lipinski definition) is 2. The van der Waals surface area contributed by atoms with Crippen molar-refractivity contribution in [3.8, 4) is 11.5 Å². The molecular formula is C25H19FN2O5S. The van der Waals surface area contributed by atoms with Gasteiger partial charge < -0.3 is 19.9 Å². The maximum atomic E-state index is 13.1. The molecular weight excluding hydrogens is 459 g/mol. The maximum absolute atomic E-state index is 13.1. The van der Waals surface area contributed by atoms with Crippen LogP contribution in [0.5, 0.6) is 11.5 Å². The number of carbonyl (C=O) groups excluding carboxylic acids is 1. The van der Waals surface area contributed by atoms with Crippen LogP contribution in [0.1, 0.15) is 21.5 Å². The summed E-state index contributed by atoms with van der Waals surface area (Å²) in [5.41, 5.74) is 2.28. The van der Waals surface area contributed by atoms with Gasteiger partial charge in [-0.3, -0.25) is 4.79 Å². The molecule has 7 nitrogen and oxygen atoms in total. The van der Waals surface area contributed by atoms with Gasteiger partial charge in [-0.1, -0.05) is 18.2 Å². The number of amides is 1. The fourth-order valence-electron chi connectivity index (χ4n) is 3.06. The van der Waals surface area contributed by atoms with Crippen LogP contribution in [0.4, 0.5) is 10.1 Å². The number of carboxylic acids is 1. The van der Waals surface area contributed by atoms with Crippen molar-refractivity contribution in [2.75, 3.05) is 7.11 Å². The summed E-state index contributed by atoms with van der Waals surface area (Å²) in [4.78, 5) is 28.1. The van der Waals surface area contributed by atoms with Crippen LogP contribution < -0.4 is 14.8 Å². The summed E-state index contributed by atoms with van der Waals surface area (Å²) in [5.74, 6) is -0.629. The van der Waals surface area contributed by atoms with Crippen molar-refractivity contribution in [2.45, 2.75) is 6.61 Å². The summed E-state index contributed by atoms with van der Waals surface area (Å²) in [7, 11) is 1.52. The first-order valence-corrected chi connectivity index (χ1v) is 10.9. The molecule has 0 radical (unpaired) electrons. The summed E-state index contributed by atoms with van der Waals surface area (Å²) in [6.45, 7) is 0.234. The minimum absolute atomic E-state index is 0.207. The van der Waals surface area contributed by atoms with Crippen LogP contribution in [0, 0.1) is 5.82 Å². The Bertz CT molecular complexity index is 1290. The normalized spacial score (nSPS) is 15.4. The van der Waals surface area contributed by atoms with E-state index in [-0.39, 0.29) is 23.9 Å². The molecule has 0 spiro atoms. The highest BCUT2D eigenvalue weighted by atomic mass is 32.2. The molecule has 0 unspecified atom stereocenters. The number of hydrogen-bond acceptors (Lipinski definition) is 6. The molecule has 172 valence electrons. The van der Waals surface area contributed by atoms with Crippen molar-refractivity contribution in [2.24, 2.45) is 4.99 Å². The number of amidine groups is 1. The third-order valence-corrected chi connectivity index (χ3v) is 5.70. The topological polar surface area (TPSA) is 97.2 Å². The third kappa shape index (κ3) is 5.62. The monoisotopic (exact) mass is 478 g/mol. The largest absolute Gasteiger partial charge is 0.493 e. The summed E-state index contributed by atoms with van der Waals surface area (Å²) >= 11 is 1.18. The van der Waals surface area contributed by atoms with Crippen LogP contribution in [0.3, 0.4) is 0 Å². The van der Waals surface area contributed by atoms with Gasteiger partial charge in [0.1, 0.15) is 12.4 Å². The minimum Gasteiger partial charge on any atom is -0.493 e. The molecule has 0 atom stereocenters. The Morgan fingerprint density at radius 3 is 2.50 bits per heavy atom. The number of aromatic carboxylic acids is 1. The number of benzene rings is 3. The van der Waals surface area contributed by atoms with Crippen LogP contribution in [-0.4, -0.2) is 29.3 Å². The number of nitrogens with zero attached hydrogens (tertiary/aromatic N) is 1. The maximum Gasteiger partial charge on any atom is 0.335 e. The Balaban J connectivity index is 1.46. The zero-order valence-electron chi connectivity index (χ0n) is 17.9. The van der Waals surface area contributed by atoms with E-state index in [1.165, 1.54) is 55.3 Å². The SMILES string of the molecule is COc1cc(/C=C2/SC(=Nc3ccc(F)cc3)NC2=O)ccc1OCc1ccc(C(=O)O)cc1. The number of aliphatic imine (C=N–C) groups is 1. The van der Waals surface area contributed by atoms with Crippen molar-refractivity contribution in [1.29, 1.82) is 0 Å². The van der Waals surface area contributed by atoms with Crippen molar-refractivity contribution >= 4 is 40.6 Å². The van der Waals surface area contributed by atoms with E-state index in [1.54, 1.807) is 36.4 Å². The predicted octanol–water partition coefficient (Wildman–Crippen LogP) is 5.00. The van der Waals surface area contributed by atoms with E-state index in [4.69, 9.17) is 14.6 Å². The van der Waals surface area contributed by atoms with Crippen molar-refractivity contribution in [3.05, 3.63) is 94.1 Å². The van der Waals surface area contributed by atoms with Crippen LogP contribution >= 0.6 is 11.8 Å². The molecule has 1 aliphatic heterocycles. The average molecular weight is 479 g/mol. The Morgan fingerprint density at radius 1 is 1.09 bits per heavy atom. The summed E-state index contributed by atoms with van der Waals surface area (Å²) in [5, 5.41) is 12.1. The van der Waals surface area contributed by atoms with Gasteiger partial charge in [0.2, 0.25) is 0 Å². The summed E-state index contributed by atoms with van der Waals surface area (Å²) in [6, 6.07) is 17.4. The Morgan fingerprint density at radius 2 is 1.82 bits per heavy atom. The molecule has 1 amide bonds. The highest BCUT2D eigenvalue weighted by Crippen LogP contribution is 2.32. The van der Waals surface area contributed by atoms with E-state index in [0.29, 0.717) is 27.3 Å². The number of carboxylic acid groups (broad SMARTS) is 1.